The van der Waals surface area contributed by atoms with E-state index in [1.807, 2.05) is 0 Å². The van der Waals surface area contributed by atoms with Gasteiger partial charge in [-0.3, -0.25) is 19.5 Å². The average molecular weight is 481 g/mol. The van der Waals surface area contributed by atoms with Crippen LogP contribution in [0, 0.1) is 5.82 Å². The number of H-pyrrole nitrogens is 1. The Hall–Kier alpha value is -4.25. The Balaban J connectivity index is 1.40. The number of hydrogen-bond acceptors (Lipinski definition) is 7. The number of nitrogens with one attached hydrogen (secondary N) is 4. The minimum Gasteiger partial charge on any atom is -0.507 e. The molecule has 0 spiro atoms. The molecule has 2 heterocycles. The number of rotatable bonds is 8. The van der Waals surface area contributed by atoms with E-state index >= 15 is 0 Å². The van der Waals surface area contributed by atoms with Crippen LogP contribution in [-0.4, -0.2) is 65.2 Å². The molecule has 1 aromatic heterocycles. The van der Waals surface area contributed by atoms with Crippen molar-refractivity contribution < 1.29 is 28.6 Å². The summed E-state index contributed by atoms with van der Waals surface area (Å²) in [4.78, 5) is 37.8. The summed E-state index contributed by atoms with van der Waals surface area (Å²) in [6, 6.07) is 7.41. The molecule has 1 fully saturated rings. The maximum absolute atomic E-state index is 14.5. The highest BCUT2D eigenvalue weighted by molar-refractivity contribution is 6.11. The van der Waals surface area contributed by atoms with E-state index in [9.17, 15) is 23.9 Å². The number of nitrogens with zero attached hydrogens (tertiary/aromatic N) is 1. The summed E-state index contributed by atoms with van der Waals surface area (Å²) in [7, 11) is 1.26. The van der Waals surface area contributed by atoms with Gasteiger partial charge in [-0.15, -0.1) is 0 Å². The van der Waals surface area contributed by atoms with Crippen molar-refractivity contribution in [2.45, 2.75) is 18.5 Å². The Morgan fingerprint density at radius 2 is 1.77 bits per heavy atom. The fraction of sp³-hybridized carbons (Fsp3) is 0.250. The third-order valence-electron chi connectivity index (χ3n) is 5.74. The van der Waals surface area contributed by atoms with Crippen molar-refractivity contribution in [3.8, 4) is 11.5 Å². The number of ether oxygens (including phenoxy) is 1. The monoisotopic (exact) mass is 481 g/mol. The molecule has 11 heteroatoms. The van der Waals surface area contributed by atoms with Crippen molar-refractivity contribution in [3.05, 3.63) is 76.9 Å². The zero-order valence-electron chi connectivity index (χ0n) is 18.8. The lowest BCUT2D eigenvalue weighted by Crippen LogP contribution is -2.51. The van der Waals surface area contributed by atoms with Gasteiger partial charge in [0.1, 0.15) is 11.3 Å². The van der Waals surface area contributed by atoms with Crippen LogP contribution in [-0.2, 0) is 11.2 Å². The normalized spacial score (nSPS) is 17.1. The van der Waals surface area contributed by atoms with Crippen LogP contribution < -0.4 is 20.7 Å². The van der Waals surface area contributed by atoms with E-state index in [1.165, 1.54) is 43.5 Å². The molecule has 0 aliphatic carbocycles. The highest BCUT2D eigenvalue weighted by Crippen LogP contribution is 2.30. The number of aromatic hydroxyl groups is 1. The number of phenols is 1. The number of aromatic amines is 1. The van der Waals surface area contributed by atoms with Crippen LogP contribution in [0.15, 0.2) is 48.8 Å². The summed E-state index contributed by atoms with van der Waals surface area (Å²) >= 11 is 0. The van der Waals surface area contributed by atoms with E-state index in [4.69, 9.17) is 4.74 Å². The SMILES string of the molecule is COc1ccc(O)c(C(=O)c2ccc(C(=O)N[C@@H]3CNC[C@H]3NC(=O)Cc3cn[nH]c3)cc2)c1F. The second kappa shape index (κ2) is 10.3. The van der Waals surface area contributed by atoms with E-state index < -0.39 is 22.9 Å². The van der Waals surface area contributed by atoms with Gasteiger partial charge in [0.15, 0.2) is 17.3 Å². The minimum absolute atomic E-state index is 0.0934. The molecule has 1 aliphatic rings. The van der Waals surface area contributed by atoms with Gasteiger partial charge in [-0.05, 0) is 29.8 Å². The first-order chi connectivity index (χ1) is 16.9. The molecule has 3 aromatic rings. The van der Waals surface area contributed by atoms with Crippen LogP contribution in [0.2, 0.25) is 0 Å². The molecule has 4 rings (SSSR count). The second-order valence-electron chi connectivity index (χ2n) is 8.08. The van der Waals surface area contributed by atoms with Crippen molar-refractivity contribution in [3.63, 3.8) is 0 Å². The molecule has 0 saturated carbocycles. The zero-order valence-corrected chi connectivity index (χ0v) is 18.8. The van der Waals surface area contributed by atoms with Crippen molar-refractivity contribution >= 4 is 17.6 Å². The molecule has 10 nitrogen and oxygen atoms in total. The number of methoxy groups -OCH3 is 1. The molecular formula is C24H24FN5O5. The number of benzene rings is 2. The van der Waals surface area contributed by atoms with Gasteiger partial charge in [0.2, 0.25) is 5.91 Å². The van der Waals surface area contributed by atoms with Gasteiger partial charge < -0.3 is 25.8 Å². The highest BCUT2D eigenvalue weighted by Gasteiger charge is 2.30. The standard InChI is InChI=1S/C24H24FN5O5/c1-35-19-7-6-18(31)21(22(19)25)23(33)14-2-4-15(5-3-14)24(34)30-17-12-26-11-16(17)29-20(32)8-13-9-27-28-10-13/h2-7,9-10,16-17,26,31H,8,11-12H2,1H3,(H,27,28)(H,29,32)(H,30,34)/t16-,17-/m1/s1. The third-order valence-corrected chi connectivity index (χ3v) is 5.74. The van der Waals surface area contributed by atoms with Crippen LogP contribution in [0.5, 0.6) is 11.5 Å². The number of ketones is 1. The van der Waals surface area contributed by atoms with Crippen molar-refractivity contribution in [2.75, 3.05) is 20.2 Å². The van der Waals surface area contributed by atoms with Gasteiger partial charge in [-0.2, -0.15) is 5.10 Å². The number of carbonyl (C=O) groups is 3. The molecule has 1 aliphatic heterocycles. The lowest BCUT2D eigenvalue weighted by Gasteiger charge is -2.21. The topological polar surface area (TPSA) is 145 Å². The second-order valence-corrected chi connectivity index (χ2v) is 8.08. The molecule has 0 radical (unpaired) electrons. The molecule has 35 heavy (non-hydrogen) atoms. The van der Waals surface area contributed by atoms with E-state index in [0.717, 1.165) is 5.56 Å². The molecule has 0 bridgehead atoms. The van der Waals surface area contributed by atoms with Crippen molar-refractivity contribution in [2.24, 2.45) is 0 Å². The lowest BCUT2D eigenvalue weighted by atomic mass is 10.00. The summed E-state index contributed by atoms with van der Waals surface area (Å²) in [6.07, 6.45) is 3.39. The minimum atomic E-state index is -0.964. The Morgan fingerprint density at radius 1 is 1.09 bits per heavy atom. The first-order valence-corrected chi connectivity index (χ1v) is 10.9. The fourth-order valence-corrected chi connectivity index (χ4v) is 3.89. The summed E-state index contributed by atoms with van der Waals surface area (Å²) in [5.41, 5.74) is 0.626. The van der Waals surface area contributed by atoms with E-state index in [0.29, 0.717) is 13.1 Å². The number of amides is 2. The van der Waals surface area contributed by atoms with Gasteiger partial charge in [-0.25, -0.2) is 4.39 Å². The molecule has 182 valence electrons. The Labute approximate surface area is 199 Å². The van der Waals surface area contributed by atoms with Crippen LogP contribution in [0.4, 0.5) is 4.39 Å². The van der Waals surface area contributed by atoms with Gasteiger partial charge in [0.05, 0.1) is 31.8 Å². The van der Waals surface area contributed by atoms with Gasteiger partial charge in [0.25, 0.3) is 5.91 Å². The van der Waals surface area contributed by atoms with Gasteiger partial charge in [0, 0.05) is 30.4 Å². The molecule has 2 amide bonds. The number of hydrogen-bond donors (Lipinski definition) is 5. The highest BCUT2D eigenvalue weighted by atomic mass is 19.1. The van der Waals surface area contributed by atoms with E-state index in [1.54, 1.807) is 12.4 Å². The Kier molecular flexibility index (Phi) is 7.06. The first-order valence-electron chi connectivity index (χ1n) is 10.9. The van der Waals surface area contributed by atoms with Gasteiger partial charge in [-0.1, -0.05) is 12.1 Å². The summed E-state index contributed by atoms with van der Waals surface area (Å²) in [5, 5.41) is 25.4. The number of aromatic nitrogens is 2. The van der Waals surface area contributed by atoms with Crippen LogP contribution in [0.3, 0.4) is 0 Å². The summed E-state index contributed by atoms with van der Waals surface area (Å²) in [5.74, 6) is -2.96. The van der Waals surface area contributed by atoms with Crippen molar-refractivity contribution in [1.82, 2.24) is 26.1 Å². The maximum atomic E-state index is 14.5. The predicted molar refractivity (Wildman–Crippen MR) is 123 cm³/mol. The number of phenolic OH excluding ortho intramolecular Hbond substituents is 1. The number of halogens is 1. The smallest absolute Gasteiger partial charge is 0.251 e. The van der Waals surface area contributed by atoms with E-state index in [2.05, 4.69) is 26.1 Å². The van der Waals surface area contributed by atoms with Crippen molar-refractivity contribution in [1.29, 1.82) is 0 Å². The molecule has 5 N–H and O–H groups in total. The average Bonchev–Trinajstić information content (AvgIpc) is 3.51. The third kappa shape index (κ3) is 5.30. The molecule has 0 unspecified atom stereocenters. The predicted octanol–water partition coefficient (Wildman–Crippen LogP) is 0.923. The first kappa shape index (κ1) is 23.9. The largest absolute Gasteiger partial charge is 0.507 e. The summed E-state index contributed by atoms with van der Waals surface area (Å²) in [6.45, 7) is 0.985. The van der Waals surface area contributed by atoms with Crippen LogP contribution in [0.1, 0.15) is 31.8 Å². The zero-order chi connectivity index (χ0) is 24.9. The van der Waals surface area contributed by atoms with Crippen LogP contribution >= 0.6 is 0 Å². The Bertz CT molecular complexity index is 1230. The van der Waals surface area contributed by atoms with E-state index in [-0.39, 0.29) is 47.2 Å². The lowest BCUT2D eigenvalue weighted by molar-refractivity contribution is -0.121. The Morgan fingerprint density at radius 3 is 2.43 bits per heavy atom. The summed E-state index contributed by atoms with van der Waals surface area (Å²) < 4.78 is 19.4. The quantitative estimate of drug-likeness (QED) is 0.301. The molecule has 2 atom stereocenters. The molecular weight excluding hydrogens is 457 g/mol. The fourth-order valence-electron chi connectivity index (χ4n) is 3.89. The van der Waals surface area contributed by atoms with Crippen LogP contribution in [0.25, 0.3) is 0 Å². The molecule has 1 saturated heterocycles. The number of carbonyl (C=O) groups excluding carboxylic acids is 3. The maximum Gasteiger partial charge on any atom is 0.251 e. The van der Waals surface area contributed by atoms with Gasteiger partial charge >= 0.3 is 0 Å². The molecule has 2 aromatic carbocycles.